The Labute approximate surface area is 124 Å². The molecular weight excluding hydrogens is 301 g/mol. The van der Waals surface area contributed by atoms with E-state index in [0.29, 0.717) is 0 Å². The van der Waals surface area contributed by atoms with E-state index < -0.39 is 12.8 Å². The molecule has 2 heterocycles. The first-order valence-electron chi connectivity index (χ1n) is 6.32. The second-order valence-electron chi connectivity index (χ2n) is 4.60. The molecule has 0 radical (unpaired) electrons. The predicted molar refractivity (Wildman–Crippen MR) is 76.9 cm³/mol. The summed E-state index contributed by atoms with van der Waals surface area (Å²) in [7, 11) is 0. The minimum absolute atomic E-state index is 0.0440. The molecule has 2 aromatic rings. The van der Waals surface area contributed by atoms with Crippen LogP contribution in [0.1, 0.15) is 22.7 Å². The predicted octanol–water partition coefficient (Wildman–Crippen LogP) is 4.57. The van der Waals surface area contributed by atoms with E-state index in [1.54, 1.807) is 17.4 Å². The van der Waals surface area contributed by atoms with Crippen molar-refractivity contribution in [3.8, 4) is 5.88 Å². The molecule has 114 valence electrons. The van der Waals surface area contributed by atoms with Gasteiger partial charge in [-0.2, -0.15) is 13.2 Å². The van der Waals surface area contributed by atoms with Gasteiger partial charge in [-0.3, -0.25) is 0 Å². The molecule has 0 saturated carbocycles. The van der Waals surface area contributed by atoms with E-state index in [1.165, 1.54) is 22.0 Å². The standard InChI is InChI=1S/C14H15F3N2OS/c1-9-3-5-12(21-9)10(2)19-11-4-6-13(18-7-11)20-8-14(15,16)17/h3-7,10,19H,8H2,1-2H3. The molecule has 0 fully saturated rings. The van der Waals surface area contributed by atoms with E-state index in [1.807, 2.05) is 26.0 Å². The van der Waals surface area contributed by atoms with Crippen LogP contribution in [0, 0.1) is 6.92 Å². The highest BCUT2D eigenvalue weighted by Gasteiger charge is 2.28. The van der Waals surface area contributed by atoms with Crippen LogP contribution in [0.3, 0.4) is 0 Å². The van der Waals surface area contributed by atoms with Gasteiger partial charge in [-0.15, -0.1) is 11.3 Å². The fourth-order valence-corrected chi connectivity index (χ4v) is 2.59. The summed E-state index contributed by atoms with van der Waals surface area (Å²) in [5, 5.41) is 3.24. The summed E-state index contributed by atoms with van der Waals surface area (Å²) in [6.07, 6.45) is -2.90. The average Bonchev–Trinajstić information content (AvgIpc) is 2.84. The second-order valence-corrected chi connectivity index (χ2v) is 5.92. The number of aromatic nitrogens is 1. The van der Waals surface area contributed by atoms with Crippen molar-refractivity contribution in [2.24, 2.45) is 0 Å². The first-order valence-corrected chi connectivity index (χ1v) is 7.13. The van der Waals surface area contributed by atoms with Crippen LogP contribution in [0.5, 0.6) is 5.88 Å². The van der Waals surface area contributed by atoms with Gasteiger partial charge < -0.3 is 10.1 Å². The van der Waals surface area contributed by atoms with Crippen molar-refractivity contribution >= 4 is 17.0 Å². The molecular formula is C14H15F3N2OS. The Balaban J connectivity index is 1.93. The minimum Gasteiger partial charge on any atom is -0.468 e. The zero-order chi connectivity index (χ0) is 15.5. The van der Waals surface area contributed by atoms with E-state index in [-0.39, 0.29) is 11.9 Å². The summed E-state index contributed by atoms with van der Waals surface area (Å²) in [4.78, 5) is 6.27. The van der Waals surface area contributed by atoms with Crippen LogP contribution >= 0.6 is 11.3 Å². The van der Waals surface area contributed by atoms with E-state index in [9.17, 15) is 13.2 Å². The lowest BCUT2D eigenvalue weighted by atomic mass is 10.2. The Hall–Kier alpha value is -1.76. The number of hydrogen-bond donors (Lipinski definition) is 1. The molecule has 3 nitrogen and oxygen atoms in total. The van der Waals surface area contributed by atoms with Gasteiger partial charge in [0.05, 0.1) is 17.9 Å². The van der Waals surface area contributed by atoms with Crippen LogP contribution in [0.2, 0.25) is 0 Å². The number of hydrogen-bond acceptors (Lipinski definition) is 4. The number of pyridine rings is 1. The van der Waals surface area contributed by atoms with Crippen molar-refractivity contribution in [3.63, 3.8) is 0 Å². The number of nitrogens with zero attached hydrogens (tertiary/aromatic N) is 1. The van der Waals surface area contributed by atoms with Gasteiger partial charge in [0.1, 0.15) is 0 Å². The number of halogens is 3. The fraction of sp³-hybridized carbons (Fsp3) is 0.357. The third kappa shape index (κ3) is 4.93. The quantitative estimate of drug-likeness (QED) is 0.877. The molecule has 0 bridgehead atoms. The second kappa shape index (κ2) is 6.34. The Morgan fingerprint density at radius 2 is 2.05 bits per heavy atom. The topological polar surface area (TPSA) is 34.1 Å². The van der Waals surface area contributed by atoms with Crippen molar-refractivity contribution in [2.45, 2.75) is 26.1 Å². The average molecular weight is 316 g/mol. The van der Waals surface area contributed by atoms with Crippen molar-refractivity contribution in [1.29, 1.82) is 0 Å². The maximum Gasteiger partial charge on any atom is 0.422 e. The molecule has 0 aliphatic carbocycles. The van der Waals surface area contributed by atoms with Crippen LogP contribution in [-0.2, 0) is 0 Å². The lowest BCUT2D eigenvalue weighted by Crippen LogP contribution is -2.19. The van der Waals surface area contributed by atoms with Gasteiger partial charge in [0.25, 0.3) is 0 Å². The molecule has 0 saturated heterocycles. The third-order valence-electron chi connectivity index (χ3n) is 2.69. The molecule has 0 spiro atoms. The number of alkyl halides is 3. The monoisotopic (exact) mass is 316 g/mol. The van der Waals surface area contributed by atoms with Gasteiger partial charge in [-0.05, 0) is 32.0 Å². The van der Waals surface area contributed by atoms with Crippen LogP contribution in [0.25, 0.3) is 0 Å². The summed E-state index contributed by atoms with van der Waals surface area (Å²) in [5.41, 5.74) is 0.730. The van der Waals surface area contributed by atoms with Gasteiger partial charge in [0.15, 0.2) is 6.61 Å². The molecule has 1 unspecified atom stereocenters. The summed E-state index contributed by atoms with van der Waals surface area (Å²) in [6, 6.07) is 7.26. The summed E-state index contributed by atoms with van der Waals surface area (Å²) in [6.45, 7) is 2.71. The molecule has 0 amide bonds. The van der Waals surface area contributed by atoms with Crippen molar-refractivity contribution in [2.75, 3.05) is 11.9 Å². The van der Waals surface area contributed by atoms with Gasteiger partial charge in [-0.25, -0.2) is 4.98 Å². The lowest BCUT2D eigenvalue weighted by Gasteiger charge is -2.14. The zero-order valence-electron chi connectivity index (χ0n) is 11.6. The van der Waals surface area contributed by atoms with Crippen LogP contribution in [0.15, 0.2) is 30.5 Å². The van der Waals surface area contributed by atoms with Crippen LogP contribution in [0.4, 0.5) is 18.9 Å². The summed E-state index contributed by atoms with van der Waals surface area (Å²) >= 11 is 1.70. The van der Waals surface area contributed by atoms with Crippen LogP contribution < -0.4 is 10.1 Å². The van der Waals surface area contributed by atoms with Crippen molar-refractivity contribution in [3.05, 3.63) is 40.2 Å². The van der Waals surface area contributed by atoms with Gasteiger partial charge in [0, 0.05) is 15.8 Å². The highest BCUT2D eigenvalue weighted by Crippen LogP contribution is 2.26. The molecule has 0 aliphatic rings. The first-order chi connectivity index (χ1) is 9.83. The fourth-order valence-electron chi connectivity index (χ4n) is 1.71. The lowest BCUT2D eigenvalue weighted by molar-refractivity contribution is -0.154. The first kappa shape index (κ1) is 15.6. The normalized spacial score (nSPS) is 13.0. The molecule has 0 aliphatic heterocycles. The number of nitrogens with one attached hydrogen (secondary N) is 1. The Morgan fingerprint density at radius 1 is 1.29 bits per heavy atom. The highest BCUT2D eigenvalue weighted by molar-refractivity contribution is 7.12. The maximum atomic E-state index is 12.0. The van der Waals surface area contributed by atoms with E-state index in [2.05, 4.69) is 15.0 Å². The van der Waals surface area contributed by atoms with Crippen molar-refractivity contribution in [1.82, 2.24) is 4.98 Å². The summed E-state index contributed by atoms with van der Waals surface area (Å²) in [5.74, 6) is -0.0440. The molecule has 1 atom stereocenters. The largest absolute Gasteiger partial charge is 0.468 e. The molecule has 0 aromatic carbocycles. The molecule has 7 heteroatoms. The number of anilines is 1. The van der Waals surface area contributed by atoms with E-state index in [0.717, 1.165) is 5.69 Å². The van der Waals surface area contributed by atoms with E-state index >= 15 is 0 Å². The number of thiophene rings is 1. The van der Waals surface area contributed by atoms with Gasteiger partial charge >= 0.3 is 6.18 Å². The Morgan fingerprint density at radius 3 is 2.57 bits per heavy atom. The van der Waals surface area contributed by atoms with E-state index in [4.69, 9.17) is 0 Å². The molecule has 1 N–H and O–H groups in total. The Kier molecular flexibility index (Phi) is 4.72. The number of ether oxygens (including phenoxy) is 1. The van der Waals surface area contributed by atoms with Crippen molar-refractivity contribution < 1.29 is 17.9 Å². The highest BCUT2D eigenvalue weighted by atomic mass is 32.1. The summed E-state index contributed by atoms with van der Waals surface area (Å²) < 4.78 is 40.6. The smallest absolute Gasteiger partial charge is 0.422 e. The Bertz CT molecular complexity index is 581. The SMILES string of the molecule is Cc1ccc(C(C)Nc2ccc(OCC(F)(F)F)nc2)s1. The van der Waals surface area contributed by atoms with Crippen LogP contribution in [-0.4, -0.2) is 17.8 Å². The molecule has 21 heavy (non-hydrogen) atoms. The molecule has 2 aromatic heterocycles. The molecule has 2 rings (SSSR count). The number of aryl methyl sites for hydroxylation is 1. The zero-order valence-corrected chi connectivity index (χ0v) is 12.4. The van der Waals surface area contributed by atoms with Gasteiger partial charge in [-0.1, -0.05) is 0 Å². The van der Waals surface area contributed by atoms with Gasteiger partial charge in [0.2, 0.25) is 5.88 Å². The third-order valence-corrected chi connectivity index (χ3v) is 3.87. The maximum absolute atomic E-state index is 12.0. The minimum atomic E-state index is -4.36. The number of rotatable bonds is 5.